The van der Waals surface area contributed by atoms with Gasteiger partial charge in [0.05, 0.1) is 0 Å². The fourth-order valence-electron chi connectivity index (χ4n) is 5.63. The van der Waals surface area contributed by atoms with Crippen molar-refractivity contribution in [1.29, 1.82) is 0 Å². The van der Waals surface area contributed by atoms with Crippen LogP contribution in [0.3, 0.4) is 0 Å². The highest BCUT2D eigenvalue weighted by molar-refractivity contribution is 6.05. The summed E-state index contributed by atoms with van der Waals surface area (Å²) in [6.07, 6.45) is -0.256. The van der Waals surface area contributed by atoms with E-state index >= 15 is 0 Å². The van der Waals surface area contributed by atoms with Crippen molar-refractivity contribution in [2.75, 3.05) is 21.3 Å². The van der Waals surface area contributed by atoms with Gasteiger partial charge in [-0.2, -0.15) is 0 Å². The Morgan fingerprint density at radius 1 is 0.375 bits per heavy atom. The second-order valence-corrected chi connectivity index (χ2v) is 9.98. The van der Waals surface area contributed by atoms with Gasteiger partial charge in [-0.3, -0.25) is 0 Å². The number of phenolic OH excluding ortho intramolecular Hbond substituents is 2. The number of para-hydroxylation sites is 2. The topological polar surface area (TPSA) is 88.6 Å². The maximum atomic E-state index is 10.0. The second-order valence-electron chi connectivity index (χ2n) is 9.98. The van der Waals surface area contributed by atoms with Gasteiger partial charge in [-0.05, 0) is 47.2 Å². The van der Waals surface area contributed by atoms with Crippen molar-refractivity contribution in [3.63, 3.8) is 0 Å². The van der Waals surface area contributed by atoms with Crippen LogP contribution in [0.1, 0.15) is 23.5 Å². The van der Waals surface area contributed by atoms with Gasteiger partial charge in [-0.1, -0.05) is 84.9 Å². The third kappa shape index (κ3) is 4.16. The first-order valence-corrected chi connectivity index (χ1v) is 13.3. The molecule has 6 nitrogen and oxygen atoms in total. The second kappa shape index (κ2) is 9.75. The first kappa shape index (κ1) is 23.7. The molecule has 0 saturated carbocycles. The SMILES string of the molecule is Oc1ccccc1C1Nc2cccc3cccc(c23)N1.Oc1ccccc1C1Nc2cccc3cccc(c23)N1. The average Bonchev–Trinajstić information content (AvgIpc) is 2.98. The molecule has 2 aliphatic rings. The van der Waals surface area contributed by atoms with Gasteiger partial charge in [0, 0.05) is 44.6 Å². The molecule has 0 bridgehead atoms. The van der Waals surface area contributed by atoms with Crippen LogP contribution in [0.5, 0.6) is 11.5 Å². The van der Waals surface area contributed by atoms with E-state index in [0.29, 0.717) is 11.5 Å². The van der Waals surface area contributed by atoms with Crippen LogP contribution in [0.15, 0.2) is 121 Å². The van der Waals surface area contributed by atoms with E-state index in [9.17, 15) is 10.2 Å². The van der Waals surface area contributed by atoms with Crippen LogP contribution >= 0.6 is 0 Å². The number of hydrogen-bond donors (Lipinski definition) is 6. The van der Waals surface area contributed by atoms with E-state index < -0.39 is 0 Å². The zero-order valence-electron chi connectivity index (χ0n) is 21.6. The molecule has 0 atom stereocenters. The molecule has 196 valence electrons. The highest BCUT2D eigenvalue weighted by Gasteiger charge is 2.23. The molecule has 2 aliphatic heterocycles. The van der Waals surface area contributed by atoms with E-state index in [1.165, 1.54) is 21.5 Å². The standard InChI is InChI=1S/2C17H14N2O/c2*20-15-10-2-1-7-12(15)17-18-13-8-3-5-11-6-4-9-14(19-17)16(11)13/h2*1-10,17-20H. The van der Waals surface area contributed by atoms with Gasteiger partial charge >= 0.3 is 0 Å². The molecule has 0 unspecified atom stereocenters. The highest BCUT2D eigenvalue weighted by atomic mass is 16.3. The van der Waals surface area contributed by atoms with Crippen molar-refractivity contribution in [3.05, 3.63) is 132 Å². The zero-order chi connectivity index (χ0) is 27.1. The maximum absolute atomic E-state index is 10.0. The van der Waals surface area contributed by atoms with Crippen molar-refractivity contribution < 1.29 is 10.2 Å². The fourth-order valence-corrected chi connectivity index (χ4v) is 5.63. The van der Waals surface area contributed by atoms with Crippen LogP contribution in [0.2, 0.25) is 0 Å². The van der Waals surface area contributed by atoms with Gasteiger partial charge in [0.25, 0.3) is 0 Å². The summed E-state index contributed by atoms with van der Waals surface area (Å²) in [6, 6.07) is 39.6. The molecule has 8 rings (SSSR count). The van der Waals surface area contributed by atoms with E-state index in [0.717, 1.165) is 33.9 Å². The Morgan fingerprint density at radius 2 is 0.700 bits per heavy atom. The largest absolute Gasteiger partial charge is 0.508 e. The zero-order valence-corrected chi connectivity index (χ0v) is 21.6. The Labute approximate surface area is 231 Å². The lowest BCUT2D eigenvalue weighted by Crippen LogP contribution is -2.23. The predicted molar refractivity (Wildman–Crippen MR) is 164 cm³/mol. The molecule has 0 aromatic heterocycles. The predicted octanol–water partition coefficient (Wildman–Crippen LogP) is 8.16. The number of aromatic hydroxyl groups is 2. The number of phenols is 2. The summed E-state index contributed by atoms with van der Waals surface area (Å²) < 4.78 is 0. The molecule has 6 N–H and O–H groups in total. The van der Waals surface area contributed by atoms with Crippen LogP contribution < -0.4 is 21.3 Å². The molecule has 0 saturated heterocycles. The average molecular weight is 525 g/mol. The lowest BCUT2D eigenvalue weighted by Gasteiger charge is -2.30. The molecule has 0 amide bonds. The molecule has 6 aromatic carbocycles. The minimum Gasteiger partial charge on any atom is -0.508 e. The molecule has 6 heteroatoms. The van der Waals surface area contributed by atoms with Gasteiger partial charge in [0.15, 0.2) is 0 Å². The van der Waals surface area contributed by atoms with Crippen LogP contribution in [0.4, 0.5) is 22.7 Å². The molecule has 6 aromatic rings. The third-order valence-corrected chi connectivity index (χ3v) is 7.50. The molecule has 0 fully saturated rings. The van der Waals surface area contributed by atoms with Crippen molar-refractivity contribution in [2.24, 2.45) is 0 Å². The van der Waals surface area contributed by atoms with Gasteiger partial charge in [0.1, 0.15) is 23.8 Å². The fraction of sp³-hybridized carbons (Fsp3) is 0.0588. The first-order valence-electron chi connectivity index (χ1n) is 13.3. The van der Waals surface area contributed by atoms with Crippen molar-refractivity contribution in [2.45, 2.75) is 12.3 Å². The lowest BCUT2D eigenvalue weighted by molar-refractivity contribution is 0.465. The van der Waals surface area contributed by atoms with Crippen molar-refractivity contribution >= 4 is 44.3 Å². The minimum absolute atomic E-state index is 0.128. The van der Waals surface area contributed by atoms with E-state index in [2.05, 4.69) is 69.8 Å². The smallest absolute Gasteiger partial charge is 0.127 e. The Bertz CT molecular complexity index is 1650. The van der Waals surface area contributed by atoms with Crippen LogP contribution in [0.25, 0.3) is 21.5 Å². The van der Waals surface area contributed by atoms with E-state index in [4.69, 9.17) is 0 Å². The molecule has 40 heavy (non-hydrogen) atoms. The summed E-state index contributed by atoms with van der Waals surface area (Å²) in [5, 5.41) is 38.6. The van der Waals surface area contributed by atoms with Gasteiger partial charge < -0.3 is 31.5 Å². The Morgan fingerprint density at radius 3 is 1.02 bits per heavy atom. The van der Waals surface area contributed by atoms with Gasteiger partial charge in [-0.15, -0.1) is 0 Å². The third-order valence-electron chi connectivity index (χ3n) is 7.50. The minimum atomic E-state index is -0.128. The number of anilines is 4. The van der Waals surface area contributed by atoms with Crippen molar-refractivity contribution in [1.82, 2.24) is 0 Å². The number of rotatable bonds is 2. The summed E-state index contributed by atoms with van der Waals surface area (Å²) in [5.41, 5.74) is 6.04. The number of hydrogen-bond acceptors (Lipinski definition) is 6. The van der Waals surface area contributed by atoms with Crippen molar-refractivity contribution in [3.8, 4) is 11.5 Å². The summed E-state index contributed by atoms with van der Waals surface area (Å²) in [6.45, 7) is 0. The molecule has 0 radical (unpaired) electrons. The van der Waals surface area contributed by atoms with E-state index in [-0.39, 0.29) is 12.3 Å². The Balaban J connectivity index is 0.000000132. The summed E-state index contributed by atoms with van der Waals surface area (Å²) >= 11 is 0. The lowest BCUT2D eigenvalue weighted by atomic mass is 10.0. The quantitative estimate of drug-likeness (QED) is 0.137. The van der Waals surface area contributed by atoms with Crippen LogP contribution in [0, 0.1) is 0 Å². The summed E-state index contributed by atoms with van der Waals surface area (Å²) in [5.74, 6) is 0.591. The first-order chi connectivity index (χ1) is 19.7. The van der Waals surface area contributed by atoms with Gasteiger partial charge in [0.2, 0.25) is 0 Å². The highest BCUT2D eigenvalue weighted by Crippen LogP contribution is 2.41. The number of benzene rings is 6. The van der Waals surface area contributed by atoms with Crippen LogP contribution in [-0.2, 0) is 0 Å². The normalized spacial score (nSPS) is 13.8. The summed E-state index contributed by atoms with van der Waals surface area (Å²) in [4.78, 5) is 0. The molecule has 0 aliphatic carbocycles. The molecular weight excluding hydrogens is 496 g/mol. The Kier molecular flexibility index (Phi) is 5.78. The van der Waals surface area contributed by atoms with E-state index in [1.807, 2.05) is 60.7 Å². The van der Waals surface area contributed by atoms with Gasteiger partial charge in [-0.25, -0.2) is 0 Å². The summed E-state index contributed by atoms with van der Waals surface area (Å²) in [7, 11) is 0. The monoisotopic (exact) mass is 524 g/mol. The Hall–Kier alpha value is -5.36. The number of nitrogens with one attached hydrogen (secondary N) is 4. The molecular formula is C34H28N4O2. The molecule has 2 heterocycles. The van der Waals surface area contributed by atoms with Crippen LogP contribution in [-0.4, -0.2) is 10.2 Å². The molecule has 0 spiro atoms. The maximum Gasteiger partial charge on any atom is 0.127 e. The van der Waals surface area contributed by atoms with E-state index in [1.54, 1.807) is 12.1 Å².